The number of benzene rings is 3. The molecule has 0 fully saturated rings. The van der Waals surface area contributed by atoms with Gasteiger partial charge in [-0.25, -0.2) is 0 Å². The number of carbonyl (C=O) groups is 1. The second kappa shape index (κ2) is 9.14. The van der Waals surface area contributed by atoms with Gasteiger partial charge in [-0.3, -0.25) is 4.79 Å². The minimum Gasteiger partial charge on any atom is -0.504 e. The van der Waals surface area contributed by atoms with Crippen molar-refractivity contribution in [2.24, 2.45) is 0 Å². The van der Waals surface area contributed by atoms with Gasteiger partial charge in [0.25, 0.3) is 0 Å². The first-order valence-corrected chi connectivity index (χ1v) is 11.6. The molecule has 0 amide bonds. The summed E-state index contributed by atoms with van der Waals surface area (Å²) in [6, 6.07) is 20.8. The number of anilines is 2. The molecule has 0 bridgehead atoms. The van der Waals surface area contributed by atoms with E-state index in [1.807, 2.05) is 67.6 Å². The maximum absolute atomic E-state index is 13.7. The molecule has 0 saturated heterocycles. The van der Waals surface area contributed by atoms with Crippen LogP contribution in [0.25, 0.3) is 0 Å². The Balaban J connectivity index is 1.61. The molecule has 3 aromatic carbocycles. The van der Waals surface area contributed by atoms with Crippen molar-refractivity contribution in [1.29, 1.82) is 0 Å². The number of allylic oxidation sites excluding steroid dienone is 1. The summed E-state index contributed by atoms with van der Waals surface area (Å²) >= 11 is 0. The fraction of sp³-hybridized carbons (Fsp3) is 0.250. The van der Waals surface area contributed by atoms with E-state index < -0.39 is 0 Å². The number of ketones is 1. The van der Waals surface area contributed by atoms with Crippen LogP contribution >= 0.6 is 0 Å². The molecule has 174 valence electrons. The molecular formula is C28H28N2O4. The summed E-state index contributed by atoms with van der Waals surface area (Å²) in [4.78, 5) is 13.7. The van der Waals surface area contributed by atoms with E-state index >= 15 is 0 Å². The normalized spacial score (nSPS) is 19.3. The quantitative estimate of drug-likeness (QED) is 0.452. The smallest absolute Gasteiger partial charge is 0.163 e. The van der Waals surface area contributed by atoms with Gasteiger partial charge in [-0.1, -0.05) is 36.4 Å². The van der Waals surface area contributed by atoms with Crippen LogP contribution in [-0.4, -0.2) is 24.6 Å². The van der Waals surface area contributed by atoms with Gasteiger partial charge >= 0.3 is 0 Å². The minimum atomic E-state index is -0.378. The molecule has 3 aromatic rings. The molecule has 0 radical (unpaired) electrons. The lowest BCUT2D eigenvalue weighted by Crippen LogP contribution is -2.27. The Morgan fingerprint density at radius 1 is 0.971 bits per heavy atom. The van der Waals surface area contributed by atoms with Crippen molar-refractivity contribution < 1.29 is 19.4 Å². The first-order valence-electron chi connectivity index (χ1n) is 11.6. The Bertz CT molecular complexity index is 1270. The lowest BCUT2D eigenvalue weighted by atomic mass is 9.78. The summed E-state index contributed by atoms with van der Waals surface area (Å²) < 4.78 is 11.2. The van der Waals surface area contributed by atoms with E-state index in [2.05, 4.69) is 10.6 Å². The van der Waals surface area contributed by atoms with Gasteiger partial charge in [-0.05, 0) is 54.8 Å². The molecule has 1 heterocycles. The molecule has 5 rings (SSSR count). The molecule has 2 atom stereocenters. The van der Waals surface area contributed by atoms with Crippen molar-refractivity contribution in [3.63, 3.8) is 0 Å². The van der Waals surface area contributed by atoms with Gasteiger partial charge in [0.1, 0.15) is 5.75 Å². The number of rotatable bonds is 5. The Labute approximate surface area is 199 Å². The zero-order valence-electron chi connectivity index (χ0n) is 19.3. The van der Waals surface area contributed by atoms with Gasteiger partial charge in [0.2, 0.25) is 0 Å². The highest BCUT2D eigenvalue weighted by molar-refractivity contribution is 6.01. The number of ether oxygens (including phenoxy) is 2. The third-order valence-electron chi connectivity index (χ3n) is 6.50. The highest BCUT2D eigenvalue weighted by Gasteiger charge is 2.37. The topological polar surface area (TPSA) is 79.8 Å². The van der Waals surface area contributed by atoms with Crippen molar-refractivity contribution in [2.45, 2.75) is 31.7 Å². The van der Waals surface area contributed by atoms with E-state index in [1.54, 1.807) is 13.2 Å². The van der Waals surface area contributed by atoms with Crippen molar-refractivity contribution >= 4 is 17.2 Å². The number of hydrogen-bond donors (Lipinski definition) is 3. The van der Waals surface area contributed by atoms with Gasteiger partial charge < -0.3 is 25.2 Å². The largest absolute Gasteiger partial charge is 0.504 e. The second-order valence-corrected chi connectivity index (χ2v) is 8.57. The number of phenolic OH excluding ortho intramolecular Hbond substituents is 1. The molecule has 0 aromatic heterocycles. The summed E-state index contributed by atoms with van der Waals surface area (Å²) in [7, 11) is 1.66. The Kier molecular flexibility index (Phi) is 5.88. The van der Waals surface area contributed by atoms with Gasteiger partial charge in [-0.2, -0.15) is 0 Å². The summed E-state index contributed by atoms with van der Waals surface area (Å²) in [5, 5.41) is 17.3. The number of aromatic hydroxyl groups is 1. The molecule has 6 heteroatoms. The molecule has 1 aliphatic heterocycles. The van der Waals surface area contributed by atoms with Crippen LogP contribution in [0.3, 0.4) is 0 Å². The second-order valence-electron chi connectivity index (χ2n) is 8.57. The predicted octanol–water partition coefficient (Wildman–Crippen LogP) is 5.78. The van der Waals surface area contributed by atoms with Gasteiger partial charge in [0.15, 0.2) is 17.3 Å². The Morgan fingerprint density at radius 3 is 2.53 bits per heavy atom. The van der Waals surface area contributed by atoms with Crippen LogP contribution in [0.15, 0.2) is 78.0 Å². The van der Waals surface area contributed by atoms with Crippen molar-refractivity contribution in [3.8, 4) is 17.2 Å². The van der Waals surface area contributed by atoms with Gasteiger partial charge in [0.05, 0.1) is 31.1 Å². The zero-order valence-corrected chi connectivity index (χ0v) is 19.3. The third-order valence-corrected chi connectivity index (χ3v) is 6.50. The highest BCUT2D eigenvalue weighted by atomic mass is 16.5. The monoisotopic (exact) mass is 456 g/mol. The molecule has 6 nitrogen and oxygen atoms in total. The Hall–Kier alpha value is -3.93. The predicted molar refractivity (Wildman–Crippen MR) is 133 cm³/mol. The van der Waals surface area contributed by atoms with Crippen molar-refractivity contribution in [2.75, 3.05) is 24.4 Å². The first-order chi connectivity index (χ1) is 16.6. The highest BCUT2D eigenvalue weighted by Crippen LogP contribution is 2.46. The van der Waals surface area contributed by atoms with Crippen LogP contribution in [0.5, 0.6) is 17.2 Å². The van der Waals surface area contributed by atoms with Crippen molar-refractivity contribution in [1.82, 2.24) is 0 Å². The minimum absolute atomic E-state index is 0.0135. The van der Waals surface area contributed by atoms with Crippen LogP contribution in [0.1, 0.15) is 42.9 Å². The van der Waals surface area contributed by atoms with E-state index in [-0.39, 0.29) is 23.5 Å². The molecule has 2 unspecified atom stereocenters. The summed E-state index contributed by atoms with van der Waals surface area (Å²) in [5.41, 5.74) is 5.36. The molecule has 0 saturated carbocycles. The number of Topliss-reactive ketones (excluding diaryl/α,β-unsaturated/α-hetero) is 1. The zero-order chi connectivity index (χ0) is 23.7. The maximum Gasteiger partial charge on any atom is 0.163 e. The lowest BCUT2D eigenvalue weighted by molar-refractivity contribution is -0.116. The number of fused-ring (bicyclic) bond motifs is 1. The van der Waals surface area contributed by atoms with E-state index in [4.69, 9.17) is 9.47 Å². The summed E-state index contributed by atoms with van der Waals surface area (Å²) in [5.74, 6) is 1.39. The van der Waals surface area contributed by atoms with Crippen molar-refractivity contribution in [3.05, 3.63) is 89.1 Å². The fourth-order valence-electron chi connectivity index (χ4n) is 4.95. The molecule has 34 heavy (non-hydrogen) atoms. The molecule has 2 aliphatic rings. The van der Waals surface area contributed by atoms with Gasteiger partial charge in [0, 0.05) is 23.6 Å². The van der Waals surface area contributed by atoms with Crippen LogP contribution < -0.4 is 20.1 Å². The van der Waals surface area contributed by atoms with E-state index in [1.165, 1.54) is 0 Å². The van der Waals surface area contributed by atoms with E-state index in [9.17, 15) is 9.90 Å². The number of hydrogen-bond acceptors (Lipinski definition) is 6. The summed E-state index contributed by atoms with van der Waals surface area (Å²) in [6.07, 6.45) is 1.08. The molecule has 0 spiro atoms. The first kappa shape index (κ1) is 21.9. The SMILES string of the molecule is CCOc1cc(C2Nc3ccccc3NC3=C2C(=O)CC(c2ccccc2OC)C3)ccc1O. The van der Waals surface area contributed by atoms with Crippen LogP contribution in [0.4, 0.5) is 11.4 Å². The number of carbonyl (C=O) groups excluding carboxylic acids is 1. The lowest BCUT2D eigenvalue weighted by Gasteiger charge is -2.30. The summed E-state index contributed by atoms with van der Waals surface area (Å²) in [6.45, 7) is 2.31. The average molecular weight is 457 g/mol. The maximum atomic E-state index is 13.7. The standard InChI is InChI=1S/C28H28N2O4/c1-3-34-26-16-17(12-13-23(26)31)28-27-22(29-20-9-5-6-10-21(20)30-28)14-18(15-24(27)32)19-8-4-7-11-25(19)33-2/h4-13,16,18,28-31H,3,14-15H2,1-2H3. The van der Waals surface area contributed by atoms with Gasteiger partial charge in [-0.15, -0.1) is 0 Å². The number of methoxy groups -OCH3 is 1. The number of nitrogens with one attached hydrogen (secondary N) is 2. The van der Waals surface area contributed by atoms with E-state index in [0.717, 1.165) is 39.5 Å². The Morgan fingerprint density at radius 2 is 1.74 bits per heavy atom. The van der Waals surface area contributed by atoms with Crippen LogP contribution in [0, 0.1) is 0 Å². The molecular weight excluding hydrogens is 428 g/mol. The van der Waals surface area contributed by atoms with Crippen LogP contribution in [-0.2, 0) is 4.79 Å². The third kappa shape index (κ3) is 3.96. The van der Waals surface area contributed by atoms with Crippen LogP contribution in [0.2, 0.25) is 0 Å². The molecule has 3 N–H and O–H groups in total. The fourth-order valence-corrected chi connectivity index (χ4v) is 4.95. The average Bonchev–Trinajstić information content (AvgIpc) is 3.02. The van der Waals surface area contributed by atoms with E-state index in [0.29, 0.717) is 25.2 Å². The number of para-hydroxylation sites is 3. The molecule has 1 aliphatic carbocycles. The number of phenols is 1.